The topological polar surface area (TPSA) is 26.3 Å². The smallest absolute Gasteiger partial charge is 0.187 e. The molecular weight excluding hydrogens is 312 g/mol. The van der Waals surface area contributed by atoms with Crippen LogP contribution >= 0.6 is 0 Å². The van der Waals surface area contributed by atoms with Gasteiger partial charge < -0.3 is 4.43 Å². The van der Waals surface area contributed by atoms with Crippen LogP contribution in [0.25, 0.3) is 0 Å². The molecule has 4 fully saturated rings. The van der Waals surface area contributed by atoms with Gasteiger partial charge in [-0.1, -0.05) is 31.9 Å². The van der Waals surface area contributed by atoms with Gasteiger partial charge in [0.05, 0.1) is 5.60 Å². The van der Waals surface area contributed by atoms with E-state index < -0.39 is 8.32 Å². The summed E-state index contributed by atoms with van der Waals surface area (Å²) in [6, 6.07) is 1.19. The first kappa shape index (κ1) is 15.8. The van der Waals surface area contributed by atoms with E-state index in [0.29, 0.717) is 23.5 Å². The lowest BCUT2D eigenvalue weighted by molar-refractivity contribution is -0.138. The Labute approximate surface area is 147 Å². The maximum Gasteiger partial charge on any atom is 0.187 e. The van der Waals surface area contributed by atoms with Crippen molar-refractivity contribution in [2.75, 3.05) is 0 Å². The fourth-order valence-corrected chi connectivity index (χ4v) is 11.2. The Hall–Kier alpha value is -0.413. The molecule has 0 aromatic rings. The van der Waals surface area contributed by atoms with Crippen molar-refractivity contribution in [1.29, 1.82) is 0 Å². The molecule has 0 aromatic carbocycles. The van der Waals surface area contributed by atoms with E-state index in [9.17, 15) is 4.79 Å². The van der Waals surface area contributed by atoms with Crippen molar-refractivity contribution < 1.29 is 9.22 Å². The van der Waals surface area contributed by atoms with E-state index >= 15 is 0 Å². The van der Waals surface area contributed by atoms with Gasteiger partial charge in [0.15, 0.2) is 8.32 Å². The van der Waals surface area contributed by atoms with Crippen molar-refractivity contribution in [2.24, 2.45) is 34.5 Å². The van der Waals surface area contributed by atoms with Crippen molar-refractivity contribution in [2.45, 2.75) is 77.6 Å². The van der Waals surface area contributed by atoms with E-state index in [1.807, 2.05) is 0 Å². The summed E-state index contributed by atoms with van der Waals surface area (Å²) in [5.41, 5.74) is 1.63. The Balaban J connectivity index is 1.74. The second-order valence-corrected chi connectivity index (χ2v) is 14.9. The summed E-state index contributed by atoms with van der Waals surface area (Å²) in [6.07, 6.45) is 8.30. The van der Waals surface area contributed by atoms with Crippen LogP contribution in [0.5, 0.6) is 0 Å². The number of ketones is 1. The summed E-state index contributed by atoms with van der Waals surface area (Å²) in [6.45, 7) is 11.8. The number of fused-ring (bicyclic) bond motifs is 3. The van der Waals surface area contributed by atoms with Crippen LogP contribution in [0.15, 0.2) is 11.6 Å². The summed E-state index contributed by atoms with van der Waals surface area (Å²) in [4.78, 5) is 14.0. The molecule has 1 saturated heterocycles. The number of Topliss-reactive ketones (excluding diaryl/α,β-unsaturated/α-hetero) is 1. The lowest BCUT2D eigenvalue weighted by Gasteiger charge is -2.49. The van der Waals surface area contributed by atoms with Crippen molar-refractivity contribution in [3.63, 3.8) is 0 Å². The third-order valence-corrected chi connectivity index (χ3v) is 11.1. The molecule has 1 heterocycles. The van der Waals surface area contributed by atoms with Crippen molar-refractivity contribution in [3.8, 4) is 0 Å². The summed E-state index contributed by atoms with van der Waals surface area (Å²) in [7, 11) is -1.70. The Morgan fingerprint density at radius 1 is 1.29 bits per heavy atom. The van der Waals surface area contributed by atoms with E-state index in [4.69, 9.17) is 4.43 Å². The van der Waals surface area contributed by atoms with E-state index in [-0.39, 0.29) is 22.3 Å². The van der Waals surface area contributed by atoms with Gasteiger partial charge >= 0.3 is 0 Å². The third kappa shape index (κ3) is 1.60. The maximum atomic E-state index is 14.0. The quantitative estimate of drug-likeness (QED) is 0.459. The molecule has 0 unspecified atom stereocenters. The molecule has 1 aliphatic heterocycles. The van der Waals surface area contributed by atoms with Gasteiger partial charge in [-0.15, -0.1) is 0 Å². The summed E-state index contributed by atoms with van der Waals surface area (Å²) < 4.78 is 6.95. The summed E-state index contributed by atoms with van der Waals surface area (Å²) in [5.74, 6) is 2.40. The van der Waals surface area contributed by atoms with Crippen LogP contribution in [0.1, 0.15) is 52.9 Å². The molecule has 0 N–H and O–H groups in total. The Morgan fingerprint density at radius 3 is 2.79 bits per heavy atom. The first-order valence-corrected chi connectivity index (χ1v) is 13.2. The number of hydrogen-bond acceptors (Lipinski definition) is 2. The second kappa shape index (κ2) is 4.28. The molecule has 5 aliphatic rings. The van der Waals surface area contributed by atoms with Crippen LogP contribution in [0.3, 0.4) is 0 Å². The lowest BCUT2D eigenvalue weighted by atomic mass is 9.62. The minimum absolute atomic E-state index is 0.0141. The largest absolute Gasteiger partial charge is 0.411 e. The third-order valence-electron chi connectivity index (χ3n) is 8.75. The van der Waals surface area contributed by atoms with Crippen LogP contribution in [0.2, 0.25) is 19.1 Å². The summed E-state index contributed by atoms with van der Waals surface area (Å²) >= 11 is 0. The van der Waals surface area contributed by atoms with Gasteiger partial charge in [0.2, 0.25) is 0 Å². The van der Waals surface area contributed by atoms with Gasteiger partial charge in [-0.05, 0) is 69.0 Å². The molecule has 0 aromatic heterocycles. The highest BCUT2D eigenvalue weighted by atomic mass is 28.4. The van der Waals surface area contributed by atoms with Crippen molar-refractivity contribution in [3.05, 3.63) is 11.6 Å². The number of carbonyl (C=O) groups is 1. The van der Waals surface area contributed by atoms with Crippen molar-refractivity contribution in [1.82, 2.24) is 0 Å². The highest BCUT2D eigenvalue weighted by Crippen LogP contribution is 2.78. The minimum Gasteiger partial charge on any atom is -0.411 e. The van der Waals surface area contributed by atoms with Gasteiger partial charge in [-0.2, -0.15) is 0 Å². The van der Waals surface area contributed by atoms with Gasteiger partial charge in [0, 0.05) is 17.3 Å². The lowest BCUT2D eigenvalue weighted by Crippen LogP contribution is -2.52. The second-order valence-electron chi connectivity index (χ2n) is 10.8. The minimum atomic E-state index is -1.70. The van der Waals surface area contributed by atoms with Gasteiger partial charge in [-0.25, -0.2) is 0 Å². The molecular formula is C21H32O2Si. The first-order valence-electron chi connectivity index (χ1n) is 10.1. The van der Waals surface area contributed by atoms with E-state index in [1.54, 1.807) is 0 Å². The van der Waals surface area contributed by atoms with E-state index in [0.717, 1.165) is 19.3 Å². The zero-order chi connectivity index (χ0) is 17.1. The van der Waals surface area contributed by atoms with Crippen LogP contribution in [0, 0.1) is 34.5 Å². The zero-order valence-corrected chi connectivity index (χ0v) is 16.9. The summed E-state index contributed by atoms with van der Waals surface area (Å²) in [5, 5.41) is 0. The van der Waals surface area contributed by atoms with E-state index in [2.05, 4.69) is 39.9 Å². The molecule has 0 amide bonds. The fraction of sp³-hybridized carbons (Fsp3) is 0.857. The monoisotopic (exact) mass is 344 g/mol. The molecule has 24 heavy (non-hydrogen) atoms. The molecule has 2 nitrogen and oxygen atoms in total. The van der Waals surface area contributed by atoms with Gasteiger partial charge in [0.1, 0.15) is 5.78 Å². The predicted molar refractivity (Wildman–Crippen MR) is 98.1 cm³/mol. The molecule has 2 spiro atoms. The SMILES string of the molecule is CC1=C[C@@H]2CCC[C@]23C(=O)[C@@H](C1)[C@@H]1C(C)(C)[C@]12C[C@H]3C[Si](C)(C)O2. The molecule has 0 radical (unpaired) electrons. The normalized spacial score (nSPS) is 53.4. The highest BCUT2D eigenvalue weighted by Gasteiger charge is 2.81. The van der Waals surface area contributed by atoms with Crippen LogP contribution < -0.4 is 0 Å². The predicted octanol–water partition coefficient (Wildman–Crippen LogP) is 4.96. The molecule has 4 bridgehead atoms. The van der Waals surface area contributed by atoms with Crippen LogP contribution in [-0.2, 0) is 9.22 Å². The van der Waals surface area contributed by atoms with Crippen LogP contribution in [-0.4, -0.2) is 19.7 Å². The fourth-order valence-electron chi connectivity index (χ4n) is 8.01. The Bertz CT molecular complexity index is 663. The number of carbonyl (C=O) groups excluding carboxylic acids is 1. The molecule has 132 valence electrons. The van der Waals surface area contributed by atoms with E-state index in [1.165, 1.54) is 24.5 Å². The average Bonchev–Trinajstić information content (AvgIpc) is 2.78. The Morgan fingerprint density at radius 2 is 2.04 bits per heavy atom. The average molecular weight is 345 g/mol. The molecule has 5 rings (SSSR count). The molecule has 6 atom stereocenters. The molecule has 3 saturated carbocycles. The number of rotatable bonds is 0. The highest BCUT2D eigenvalue weighted by molar-refractivity contribution is 6.71. The molecule has 4 aliphatic carbocycles. The number of hydrogen-bond donors (Lipinski definition) is 0. The van der Waals surface area contributed by atoms with Gasteiger partial charge in [0.25, 0.3) is 0 Å². The number of allylic oxidation sites excluding steroid dienone is 2. The Kier molecular flexibility index (Phi) is 2.82. The van der Waals surface area contributed by atoms with Crippen molar-refractivity contribution >= 4 is 14.1 Å². The van der Waals surface area contributed by atoms with Crippen LogP contribution in [0.4, 0.5) is 0 Å². The molecule has 3 heteroatoms. The van der Waals surface area contributed by atoms with Gasteiger partial charge in [-0.3, -0.25) is 4.79 Å². The zero-order valence-electron chi connectivity index (χ0n) is 15.9. The standard InChI is InChI=1S/C21H32O2Si/c1-13-9-14-7-6-8-20(14)15-11-21(23-24(4,5)12-15)17(19(21,2)3)16(10-13)18(20)22/h9,14-17H,6-8,10-12H2,1-5H3/t14-,15-,16-,17+,20-,21-/m0/s1. The first-order chi connectivity index (χ1) is 11.1. The maximum absolute atomic E-state index is 14.0.